The number of aryl methyl sites for hydroxylation is 1. The maximum Gasteiger partial charge on any atom is 0.328 e. The zero-order chi connectivity index (χ0) is 41.5. The Balaban J connectivity index is 1.02. The van der Waals surface area contributed by atoms with E-state index < -0.39 is 12.5 Å². The van der Waals surface area contributed by atoms with Crippen LogP contribution in [0.15, 0.2) is 55.0 Å². The summed E-state index contributed by atoms with van der Waals surface area (Å²) in [4.78, 5) is 46.8. The van der Waals surface area contributed by atoms with Crippen molar-refractivity contribution in [1.82, 2.24) is 29.4 Å². The summed E-state index contributed by atoms with van der Waals surface area (Å²) >= 11 is 0. The number of nitrogens with zero attached hydrogens (tertiary/aromatic N) is 7. The molecule has 2 N–H and O–H groups in total. The van der Waals surface area contributed by atoms with E-state index in [2.05, 4.69) is 37.0 Å². The van der Waals surface area contributed by atoms with Gasteiger partial charge in [0.05, 0.1) is 18.3 Å². The van der Waals surface area contributed by atoms with Crippen molar-refractivity contribution in [1.29, 1.82) is 0 Å². The molecule has 4 amide bonds. The molecule has 9 rings (SSSR count). The molecule has 2 aromatic carbocycles. The first-order valence-electron chi connectivity index (χ1n) is 20.7. The summed E-state index contributed by atoms with van der Waals surface area (Å²) in [5.41, 5.74) is 8.41. The molecule has 5 aromatic rings. The molecule has 4 aliphatic rings. The normalized spacial score (nSPS) is 17.1. The molecule has 3 aromatic heterocycles. The molecular formula is C45H47F2N9O4. The number of amides is 4. The number of carbonyl (C=O) groups is 3. The van der Waals surface area contributed by atoms with Crippen molar-refractivity contribution in [2.45, 2.75) is 77.8 Å². The maximum atomic E-state index is 15.4. The summed E-state index contributed by atoms with van der Waals surface area (Å²) in [6, 6.07) is 10.7. The first-order chi connectivity index (χ1) is 29.1. The van der Waals surface area contributed by atoms with Crippen LogP contribution < -0.4 is 20.4 Å². The Hall–Kier alpha value is -6.27. The van der Waals surface area contributed by atoms with E-state index in [9.17, 15) is 14.4 Å². The van der Waals surface area contributed by atoms with Crippen LogP contribution in [0, 0.1) is 18.8 Å². The number of hydrogen-bond acceptors (Lipinski definition) is 8. The third-order valence-corrected chi connectivity index (χ3v) is 12.2. The van der Waals surface area contributed by atoms with Gasteiger partial charge in [0.25, 0.3) is 6.43 Å². The number of benzene rings is 2. The Morgan fingerprint density at radius 1 is 1.03 bits per heavy atom. The van der Waals surface area contributed by atoms with Crippen molar-refractivity contribution in [3.8, 4) is 23.0 Å². The highest BCUT2D eigenvalue weighted by Gasteiger charge is 2.34. The van der Waals surface area contributed by atoms with Gasteiger partial charge in [-0.25, -0.2) is 18.6 Å². The first-order valence-corrected chi connectivity index (χ1v) is 20.7. The number of alkyl halides is 2. The first kappa shape index (κ1) is 39.2. The van der Waals surface area contributed by atoms with Crippen LogP contribution in [0.25, 0.3) is 16.8 Å². The highest BCUT2D eigenvalue weighted by Crippen LogP contribution is 2.45. The van der Waals surface area contributed by atoms with E-state index in [1.54, 1.807) is 24.1 Å². The number of carbonyl (C=O) groups excluding carboxylic acids is 3. The number of rotatable bonds is 8. The predicted molar refractivity (Wildman–Crippen MR) is 224 cm³/mol. The van der Waals surface area contributed by atoms with E-state index in [-0.39, 0.29) is 29.8 Å². The predicted octanol–water partition coefficient (Wildman–Crippen LogP) is 7.08. The zero-order valence-electron chi connectivity index (χ0n) is 33.8. The number of fused-ring (bicyclic) bond motifs is 3. The maximum absolute atomic E-state index is 15.4. The fourth-order valence-electron chi connectivity index (χ4n) is 9.02. The van der Waals surface area contributed by atoms with Crippen molar-refractivity contribution >= 4 is 46.4 Å². The second kappa shape index (κ2) is 16.4. The molecular weight excluding hydrogens is 769 g/mol. The molecule has 0 unspecified atom stereocenters. The quantitative estimate of drug-likeness (QED) is 0.126. The van der Waals surface area contributed by atoms with E-state index in [0.717, 1.165) is 65.1 Å². The summed E-state index contributed by atoms with van der Waals surface area (Å²) in [5, 5.41) is 11.1. The minimum absolute atomic E-state index is 0.00488. The van der Waals surface area contributed by atoms with E-state index in [1.165, 1.54) is 0 Å². The van der Waals surface area contributed by atoms with Crippen molar-refractivity contribution in [3.63, 3.8) is 0 Å². The van der Waals surface area contributed by atoms with Crippen LogP contribution in [0.1, 0.15) is 85.0 Å². The van der Waals surface area contributed by atoms with E-state index in [4.69, 9.17) is 9.84 Å². The van der Waals surface area contributed by atoms with Gasteiger partial charge in [0.2, 0.25) is 11.8 Å². The minimum Gasteiger partial charge on any atom is -0.382 e. The summed E-state index contributed by atoms with van der Waals surface area (Å²) in [6.45, 7) is 7.24. The van der Waals surface area contributed by atoms with Crippen molar-refractivity contribution in [2.75, 3.05) is 54.5 Å². The number of imide groups is 1. The number of anilines is 4. The van der Waals surface area contributed by atoms with E-state index in [1.807, 2.05) is 58.9 Å². The van der Waals surface area contributed by atoms with Gasteiger partial charge in [0.1, 0.15) is 5.65 Å². The van der Waals surface area contributed by atoms with Crippen LogP contribution in [0.5, 0.6) is 0 Å². The molecule has 0 aliphatic carbocycles. The number of halogens is 2. The van der Waals surface area contributed by atoms with Crippen molar-refractivity contribution < 1.29 is 27.9 Å². The van der Waals surface area contributed by atoms with Crippen LogP contribution in [-0.4, -0.2) is 81.3 Å². The molecule has 2 saturated heterocycles. The summed E-state index contributed by atoms with van der Waals surface area (Å²) < 4.78 is 40.5. The fourth-order valence-corrected chi connectivity index (χ4v) is 9.02. The molecule has 0 atom stereocenters. The number of pyridine rings is 1. The van der Waals surface area contributed by atoms with E-state index in [0.29, 0.717) is 86.9 Å². The monoisotopic (exact) mass is 815 g/mol. The van der Waals surface area contributed by atoms with Crippen LogP contribution in [0.2, 0.25) is 0 Å². The average Bonchev–Trinajstić information content (AvgIpc) is 3.88. The molecule has 13 nitrogen and oxygen atoms in total. The number of nitrogens with one attached hydrogen (secondary N) is 2. The second-order valence-electron chi connectivity index (χ2n) is 15.8. The molecule has 7 heterocycles. The highest BCUT2D eigenvalue weighted by molar-refractivity contribution is 6.06. The molecule has 0 spiro atoms. The Morgan fingerprint density at radius 2 is 1.88 bits per heavy atom. The SMILES string of the molecule is CC(=O)N1CCc2c(c(N3CCCc4cc(-c5cc6nccn6cc5NCCC#Cc5cccc(N6CCC(=O)NC6=O)c5C)c(C(F)F)cc43)nn2C2CCOCC2)C1. The van der Waals surface area contributed by atoms with Crippen molar-refractivity contribution in [3.05, 3.63) is 88.5 Å². The molecule has 4 aliphatic heterocycles. The molecule has 2 fully saturated rings. The lowest BCUT2D eigenvalue weighted by molar-refractivity contribution is -0.129. The largest absolute Gasteiger partial charge is 0.382 e. The van der Waals surface area contributed by atoms with Crippen LogP contribution in [-0.2, 0) is 33.7 Å². The third-order valence-electron chi connectivity index (χ3n) is 12.2. The van der Waals surface area contributed by atoms with Crippen molar-refractivity contribution in [2.24, 2.45) is 0 Å². The van der Waals surface area contributed by atoms with Crippen LogP contribution >= 0.6 is 0 Å². The number of ether oxygens (including phenoxy) is 1. The van der Waals surface area contributed by atoms with Gasteiger partial charge in [0.15, 0.2) is 5.82 Å². The van der Waals surface area contributed by atoms with Gasteiger partial charge >= 0.3 is 6.03 Å². The minimum atomic E-state index is -2.76. The van der Waals surface area contributed by atoms with Gasteiger partial charge in [-0.1, -0.05) is 17.9 Å². The van der Waals surface area contributed by atoms with Gasteiger partial charge in [-0.2, -0.15) is 5.10 Å². The Kier molecular flexibility index (Phi) is 10.7. The van der Waals surface area contributed by atoms with Gasteiger partial charge in [-0.3, -0.25) is 24.5 Å². The second-order valence-corrected chi connectivity index (χ2v) is 15.8. The summed E-state index contributed by atoms with van der Waals surface area (Å²) in [6.07, 6.45) is 7.23. The molecule has 0 saturated carbocycles. The molecule has 60 heavy (non-hydrogen) atoms. The van der Waals surface area contributed by atoms with Gasteiger partial charge in [-0.05, 0) is 79.6 Å². The van der Waals surface area contributed by atoms with Gasteiger partial charge in [-0.15, -0.1) is 0 Å². The van der Waals surface area contributed by atoms with E-state index >= 15 is 8.78 Å². The van der Waals surface area contributed by atoms with Crippen LogP contribution in [0.4, 0.5) is 36.5 Å². The average molecular weight is 816 g/mol. The molecule has 15 heteroatoms. The number of aromatic nitrogens is 4. The number of imidazole rings is 1. The topological polar surface area (TPSA) is 129 Å². The Bertz CT molecular complexity index is 2570. The fraction of sp³-hybridized carbons (Fsp3) is 0.400. The number of urea groups is 1. The lowest BCUT2D eigenvalue weighted by Crippen LogP contribution is -2.49. The zero-order valence-corrected chi connectivity index (χ0v) is 33.8. The van der Waals surface area contributed by atoms with Gasteiger partial charge < -0.3 is 24.3 Å². The number of hydrogen-bond donors (Lipinski definition) is 2. The summed E-state index contributed by atoms with van der Waals surface area (Å²) in [7, 11) is 0. The molecule has 0 radical (unpaired) electrons. The Morgan fingerprint density at radius 3 is 2.68 bits per heavy atom. The smallest absolute Gasteiger partial charge is 0.328 e. The molecule has 310 valence electrons. The highest BCUT2D eigenvalue weighted by atomic mass is 19.3. The molecule has 0 bridgehead atoms. The Labute approximate surface area is 346 Å². The van der Waals surface area contributed by atoms with Crippen LogP contribution in [0.3, 0.4) is 0 Å². The lowest BCUT2D eigenvalue weighted by atomic mass is 9.91. The third kappa shape index (κ3) is 7.44. The standard InChI is InChI=1S/C45H47F2N9O4/c1-28-30(8-5-10-38(28)55-19-12-42(58)50-45(55)59)7-3-4-15-48-37-27-53-20-16-49-41(53)25-34(37)33-23-31-9-6-17-54(40(31)24-35(33)43(46)47)44-36-26-52(29(2)57)18-11-39(36)56(51-44)32-13-21-60-22-14-32/h5,8,10,16,20,23-25,27,32,43,48H,4,6,9,11-15,17-19,21-22,26H2,1-2H3,(H,50,58,59). The lowest BCUT2D eigenvalue weighted by Gasteiger charge is -2.33. The summed E-state index contributed by atoms with van der Waals surface area (Å²) in [5.74, 6) is 6.92. The van der Waals surface area contributed by atoms with Gasteiger partial charge in [0, 0.05) is 123 Å².